The van der Waals surface area contributed by atoms with Gasteiger partial charge in [0.15, 0.2) is 5.82 Å². The summed E-state index contributed by atoms with van der Waals surface area (Å²) in [5, 5.41) is 3.69. The van der Waals surface area contributed by atoms with E-state index in [0.717, 1.165) is 15.3 Å². The summed E-state index contributed by atoms with van der Waals surface area (Å²) in [7, 11) is -0.692. The number of carbonyl (C=O) groups is 2. The van der Waals surface area contributed by atoms with E-state index in [1.807, 2.05) is 6.07 Å². The van der Waals surface area contributed by atoms with Gasteiger partial charge in [-0.25, -0.2) is 13.4 Å². The summed E-state index contributed by atoms with van der Waals surface area (Å²) in [5.74, 6) is -0.420. The van der Waals surface area contributed by atoms with Crippen LogP contribution in [0.15, 0.2) is 72.4 Å². The fourth-order valence-electron chi connectivity index (χ4n) is 2.74. The number of anilines is 1. The van der Waals surface area contributed by atoms with Gasteiger partial charge in [0.25, 0.3) is 0 Å². The molecule has 31 heavy (non-hydrogen) atoms. The Bertz CT molecular complexity index is 1200. The van der Waals surface area contributed by atoms with Crippen LogP contribution in [0.25, 0.3) is 6.08 Å². The van der Waals surface area contributed by atoms with Crippen LogP contribution in [0.5, 0.6) is 0 Å². The Morgan fingerprint density at radius 3 is 2.39 bits per heavy atom. The molecular formula is C22H22N4O4S. The van der Waals surface area contributed by atoms with Crippen LogP contribution in [-0.2, 0) is 21.9 Å². The molecule has 1 amide bonds. The quantitative estimate of drug-likeness (QED) is 0.545. The lowest BCUT2D eigenvalue weighted by Gasteiger charge is -2.14. The fourth-order valence-corrected chi connectivity index (χ4v) is 3.58. The zero-order valence-corrected chi connectivity index (χ0v) is 17.9. The van der Waals surface area contributed by atoms with Crippen molar-refractivity contribution in [1.82, 2.24) is 13.9 Å². The summed E-state index contributed by atoms with van der Waals surface area (Å²) in [6.45, 7) is -0.352. The van der Waals surface area contributed by atoms with E-state index in [-0.39, 0.29) is 12.3 Å². The SMILES string of the molecule is CN(CC(=O)Nc1ccc(C(=O)c2nccn2C)cc1)S(=O)(=O)C=Cc1ccccc1. The van der Waals surface area contributed by atoms with Crippen LogP contribution < -0.4 is 5.32 Å². The number of hydrogen-bond acceptors (Lipinski definition) is 5. The monoisotopic (exact) mass is 438 g/mol. The van der Waals surface area contributed by atoms with E-state index < -0.39 is 15.9 Å². The Labute approximate surface area is 180 Å². The molecule has 1 heterocycles. The molecule has 3 rings (SSSR count). The summed E-state index contributed by atoms with van der Waals surface area (Å²) in [6.07, 6.45) is 4.70. The maximum Gasteiger partial charge on any atom is 0.239 e. The van der Waals surface area contributed by atoms with Crippen molar-refractivity contribution in [3.63, 3.8) is 0 Å². The van der Waals surface area contributed by atoms with Crippen molar-refractivity contribution < 1.29 is 18.0 Å². The number of ketones is 1. The number of rotatable bonds is 8. The summed E-state index contributed by atoms with van der Waals surface area (Å²) in [4.78, 5) is 28.7. The second kappa shape index (κ2) is 9.50. The third-order valence-electron chi connectivity index (χ3n) is 4.49. The lowest BCUT2D eigenvalue weighted by molar-refractivity contribution is -0.116. The summed E-state index contributed by atoms with van der Waals surface area (Å²) < 4.78 is 27.3. The van der Waals surface area contributed by atoms with Crippen molar-refractivity contribution in [2.75, 3.05) is 18.9 Å². The van der Waals surface area contributed by atoms with Crippen LogP contribution in [0, 0.1) is 0 Å². The predicted molar refractivity (Wildman–Crippen MR) is 119 cm³/mol. The molecule has 8 nitrogen and oxygen atoms in total. The average Bonchev–Trinajstić information content (AvgIpc) is 3.19. The van der Waals surface area contributed by atoms with E-state index in [9.17, 15) is 18.0 Å². The maximum absolute atomic E-state index is 12.4. The van der Waals surface area contributed by atoms with Crippen molar-refractivity contribution >= 4 is 33.5 Å². The predicted octanol–water partition coefficient (Wildman–Crippen LogP) is 2.52. The zero-order chi connectivity index (χ0) is 22.4. The largest absolute Gasteiger partial charge is 0.331 e. The van der Waals surface area contributed by atoms with Crippen LogP contribution in [0.3, 0.4) is 0 Å². The van der Waals surface area contributed by atoms with Crippen LogP contribution in [-0.4, -0.2) is 47.6 Å². The highest BCUT2D eigenvalue weighted by molar-refractivity contribution is 7.92. The Morgan fingerprint density at radius 2 is 1.77 bits per heavy atom. The van der Waals surface area contributed by atoms with Crippen LogP contribution >= 0.6 is 0 Å². The number of sulfonamides is 1. The molecule has 0 radical (unpaired) electrons. The minimum atomic E-state index is -3.75. The Kier molecular flexibility index (Phi) is 6.78. The summed E-state index contributed by atoms with van der Waals surface area (Å²) in [6, 6.07) is 15.3. The van der Waals surface area contributed by atoms with Gasteiger partial charge in [0.1, 0.15) is 0 Å². The summed E-state index contributed by atoms with van der Waals surface area (Å²) >= 11 is 0. The second-order valence-corrected chi connectivity index (χ2v) is 8.76. The van der Waals surface area contributed by atoms with Crippen molar-refractivity contribution in [1.29, 1.82) is 0 Å². The van der Waals surface area contributed by atoms with Gasteiger partial charge in [0.05, 0.1) is 6.54 Å². The minimum absolute atomic E-state index is 0.235. The van der Waals surface area contributed by atoms with Gasteiger partial charge in [0.2, 0.25) is 21.7 Å². The molecule has 0 saturated carbocycles. The third-order valence-corrected chi connectivity index (χ3v) is 5.97. The van der Waals surface area contributed by atoms with Gasteiger partial charge in [-0.2, -0.15) is 4.31 Å². The number of likely N-dealkylation sites (N-methyl/N-ethyl adjacent to an activating group) is 1. The molecule has 0 aliphatic carbocycles. The van der Waals surface area contributed by atoms with Crippen molar-refractivity contribution in [2.45, 2.75) is 0 Å². The minimum Gasteiger partial charge on any atom is -0.331 e. The van der Waals surface area contributed by atoms with Crippen LogP contribution in [0.1, 0.15) is 21.7 Å². The second-order valence-electron chi connectivity index (χ2n) is 6.83. The molecule has 2 aromatic carbocycles. The van der Waals surface area contributed by atoms with E-state index in [4.69, 9.17) is 0 Å². The molecule has 3 aromatic rings. The number of benzene rings is 2. The standard InChI is InChI=1S/C22H22N4O4S/c1-25-14-13-23-22(25)21(28)18-8-10-19(11-9-18)24-20(27)16-26(2)31(29,30)15-12-17-6-4-3-5-7-17/h3-15H,16H2,1-2H3,(H,24,27). The molecule has 9 heteroatoms. The van der Waals surface area contributed by atoms with Crippen LogP contribution in [0.2, 0.25) is 0 Å². The van der Waals surface area contributed by atoms with Gasteiger partial charge in [-0.3, -0.25) is 9.59 Å². The molecule has 160 valence electrons. The van der Waals surface area contributed by atoms with E-state index in [2.05, 4.69) is 10.3 Å². The zero-order valence-electron chi connectivity index (χ0n) is 17.1. The van der Waals surface area contributed by atoms with Gasteiger partial charge in [-0.15, -0.1) is 0 Å². The smallest absolute Gasteiger partial charge is 0.239 e. The number of imidazole rings is 1. The highest BCUT2D eigenvalue weighted by Gasteiger charge is 2.18. The number of amides is 1. The summed E-state index contributed by atoms with van der Waals surface area (Å²) in [5.41, 5.74) is 1.62. The number of carbonyl (C=O) groups excluding carboxylic acids is 2. The molecule has 0 aliphatic heterocycles. The van der Waals surface area contributed by atoms with Gasteiger partial charge < -0.3 is 9.88 Å². The van der Waals surface area contributed by atoms with Gasteiger partial charge in [-0.1, -0.05) is 30.3 Å². The highest BCUT2D eigenvalue weighted by atomic mass is 32.2. The van der Waals surface area contributed by atoms with Gasteiger partial charge in [0, 0.05) is 43.1 Å². The molecule has 0 atom stereocenters. The van der Waals surface area contributed by atoms with Crippen LogP contribution in [0.4, 0.5) is 5.69 Å². The first-order chi connectivity index (χ1) is 14.8. The Balaban J connectivity index is 1.59. The molecule has 1 aromatic heterocycles. The third kappa shape index (κ3) is 5.74. The number of nitrogens with one attached hydrogen (secondary N) is 1. The number of hydrogen-bond donors (Lipinski definition) is 1. The van der Waals surface area contributed by atoms with E-state index >= 15 is 0 Å². The number of nitrogens with zero attached hydrogens (tertiary/aromatic N) is 3. The highest BCUT2D eigenvalue weighted by Crippen LogP contribution is 2.13. The molecule has 0 spiro atoms. The number of aryl methyl sites for hydroxylation is 1. The molecule has 0 fully saturated rings. The van der Waals surface area contributed by atoms with Crippen molar-refractivity contribution in [3.8, 4) is 0 Å². The molecule has 0 bridgehead atoms. The Hall–Kier alpha value is -3.56. The normalized spacial score (nSPS) is 11.7. The van der Waals surface area contributed by atoms with Gasteiger partial charge in [-0.05, 0) is 35.9 Å². The average molecular weight is 439 g/mol. The van der Waals surface area contributed by atoms with Crippen molar-refractivity contribution in [3.05, 3.63) is 89.4 Å². The van der Waals surface area contributed by atoms with E-state index in [1.165, 1.54) is 13.1 Å². The number of aromatic nitrogens is 2. The fraction of sp³-hybridized carbons (Fsp3) is 0.136. The Morgan fingerprint density at radius 1 is 1.10 bits per heavy atom. The lowest BCUT2D eigenvalue weighted by atomic mass is 10.1. The first-order valence-electron chi connectivity index (χ1n) is 9.38. The van der Waals surface area contributed by atoms with Crippen molar-refractivity contribution in [2.24, 2.45) is 7.05 Å². The molecule has 0 aliphatic rings. The molecule has 1 N–H and O–H groups in total. The van der Waals surface area contributed by atoms with E-state index in [1.54, 1.807) is 72.5 Å². The molecular weight excluding hydrogens is 416 g/mol. The molecule has 0 saturated heterocycles. The maximum atomic E-state index is 12.4. The molecule has 0 unspecified atom stereocenters. The topological polar surface area (TPSA) is 101 Å². The van der Waals surface area contributed by atoms with E-state index in [0.29, 0.717) is 17.1 Å². The first kappa shape index (κ1) is 22.1. The first-order valence-corrected chi connectivity index (χ1v) is 10.9. The van der Waals surface area contributed by atoms with Gasteiger partial charge >= 0.3 is 0 Å². The lowest BCUT2D eigenvalue weighted by Crippen LogP contribution is -2.33.